The highest BCUT2D eigenvalue weighted by Gasteiger charge is 2.23. The SMILES string of the molecule is O=C(CNC(=O)C1CCCO1)NCc1ccc2c(c1)OCO2. The maximum absolute atomic E-state index is 11.7. The third-order valence-electron chi connectivity index (χ3n) is 3.57. The van der Waals surface area contributed by atoms with Crippen LogP contribution in [0.15, 0.2) is 18.2 Å². The first-order chi connectivity index (χ1) is 10.7. The van der Waals surface area contributed by atoms with Crippen LogP contribution in [0.1, 0.15) is 18.4 Å². The van der Waals surface area contributed by atoms with Gasteiger partial charge in [0.1, 0.15) is 6.10 Å². The molecule has 118 valence electrons. The normalized spacial score (nSPS) is 19.0. The van der Waals surface area contributed by atoms with E-state index in [9.17, 15) is 9.59 Å². The van der Waals surface area contributed by atoms with Crippen LogP contribution in [0.5, 0.6) is 11.5 Å². The molecule has 0 spiro atoms. The Labute approximate surface area is 127 Å². The number of hydrogen-bond acceptors (Lipinski definition) is 5. The number of carbonyl (C=O) groups is 2. The van der Waals surface area contributed by atoms with Crippen molar-refractivity contribution < 1.29 is 23.8 Å². The minimum atomic E-state index is -0.415. The lowest BCUT2D eigenvalue weighted by Gasteiger charge is -2.10. The molecule has 1 aromatic carbocycles. The van der Waals surface area contributed by atoms with Gasteiger partial charge in [0, 0.05) is 13.2 Å². The summed E-state index contributed by atoms with van der Waals surface area (Å²) in [5, 5.41) is 5.33. The minimum Gasteiger partial charge on any atom is -0.454 e. The summed E-state index contributed by atoms with van der Waals surface area (Å²) in [6, 6.07) is 5.50. The van der Waals surface area contributed by atoms with Gasteiger partial charge in [0.15, 0.2) is 11.5 Å². The van der Waals surface area contributed by atoms with Crippen molar-refractivity contribution in [1.29, 1.82) is 0 Å². The molecule has 7 heteroatoms. The summed E-state index contributed by atoms with van der Waals surface area (Å²) in [6.45, 7) is 1.14. The van der Waals surface area contributed by atoms with E-state index in [-0.39, 0.29) is 25.2 Å². The van der Waals surface area contributed by atoms with Crippen molar-refractivity contribution in [2.75, 3.05) is 19.9 Å². The van der Waals surface area contributed by atoms with E-state index in [1.54, 1.807) is 0 Å². The molecular formula is C15H18N2O5. The van der Waals surface area contributed by atoms with Crippen LogP contribution in [0.25, 0.3) is 0 Å². The molecule has 2 aliphatic heterocycles. The topological polar surface area (TPSA) is 85.9 Å². The zero-order chi connectivity index (χ0) is 15.4. The van der Waals surface area contributed by atoms with E-state index in [4.69, 9.17) is 14.2 Å². The van der Waals surface area contributed by atoms with Gasteiger partial charge < -0.3 is 24.8 Å². The Balaban J connectivity index is 1.41. The van der Waals surface area contributed by atoms with Gasteiger partial charge >= 0.3 is 0 Å². The lowest BCUT2D eigenvalue weighted by molar-refractivity contribution is -0.132. The zero-order valence-electron chi connectivity index (χ0n) is 12.1. The summed E-state index contributed by atoms with van der Waals surface area (Å²) < 4.78 is 15.7. The van der Waals surface area contributed by atoms with Gasteiger partial charge in [0.05, 0.1) is 6.54 Å². The smallest absolute Gasteiger partial charge is 0.249 e. The summed E-state index contributed by atoms with van der Waals surface area (Å²) in [7, 11) is 0. The fourth-order valence-electron chi connectivity index (χ4n) is 2.38. The van der Waals surface area contributed by atoms with Crippen molar-refractivity contribution in [1.82, 2.24) is 10.6 Å². The Kier molecular flexibility index (Phi) is 4.43. The van der Waals surface area contributed by atoms with E-state index in [1.165, 1.54) is 0 Å². The lowest BCUT2D eigenvalue weighted by Crippen LogP contribution is -2.41. The van der Waals surface area contributed by atoms with Gasteiger partial charge in [-0.15, -0.1) is 0 Å². The van der Waals surface area contributed by atoms with E-state index in [0.29, 0.717) is 31.1 Å². The number of hydrogen-bond donors (Lipinski definition) is 2. The summed E-state index contributed by atoms with van der Waals surface area (Å²) in [5.41, 5.74) is 0.906. The van der Waals surface area contributed by atoms with Crippen molar-refractivity contribution in [2.24, 2.45) is 0 Å². The monoisotopic (exact) mass is 306 g/mol. The molecule has 3 rings (SSSR count). The molecule has 0 aliphatic carbocycles. The number of carbonyl (C=O) groups excluding carboxylic acids is 2. The van der Waals surface area contributed by atoms with Gasteiger partial charge in [-0.1, -0.05) is 6.07 Å². The van der Waals surface area contributed by atoms with Crippen LogP contribution >= 0.6 is 0 Å². The molecule has 2 heterocycles. The summed E-state index contributed by atoms with van der Waals surface area (Å²) in [4.78, 5) is 23.5. The van der Waals surface area contributed by atoms with Crippen LogP contribution in [0, 0.1) is 0 Å². The van der Waals surface area contributed by atoms with Crippen LogP contribution in [0.4, 0.5) is 0 Å². The molecule has 0 saturated carbocycles. The summed E-state index contributed by atoms with van der Waals surface area (Å²) >= 11 is 0. The second-order valence-electron chi connectivity index (χ2n) is 5.18. The summed E-state index contributed by atoms with van der Waals surface area (Å²) in [6.07, 6.45) is 1.18. The third-order valence-corrected chi connectivity index (χ3v) is 3.57. The Morgan fingerprint density at radius 3 is 2.86 bits per heavy atom. The minimum absolute atomic E-state index is 0.0523. The quantitative estimate of drug-likeness (QED) is 0.818. The number of ether oxygens (including phenoxy) is 3. The highest BCUT2D eigenvalue weighted by molar-refractivity contribution is 5.86. The second kappa shape index (κ2) is 6.65. The predicted octanol–water partition coefficient (Wildman–Crippen LogP) is 0.327. The fraction of sp³-hybridized carbons (Fsp3) is 0.467. The number of amides is 2. The molecule has 0 aromatic heterocycles. The van der Waals surface area contributed by atoms with Crippen LogP contribution in [-0.4, -0.2) is 37.9 Å². The molecular weight excluding hydrogens is 288 g/mol. The van der Waals surface area contributed by atoms with Gasteiger partial charge in [0.2, 0.25) is 18.6 Å². The average molecular weight is 306 g/mol. The number of benzene rings is 1. The van der Waals surface area contributed by atoms with Gasteiger partial charge in [0.25, 0.3) is 0 Å². The molecule has 1 saturated heterocycles. The van der Waals surface area contributed by atoms with Crippen molar-refractivity contribution in [3.63, 3.8) is 0 Å². The van der Waals surface area contributed by atoms with Crippen LogP contribution in [-0.2, 0) is 20.9 Å². The molecule has 2 N–H and O–H groups in total. The molecule has 7 nitrogen and oxygen atoms in total. The molecule has 1 atom stereocenters. The standard InChI is InChI=1S/C15H18N2O5/c18-14(8-17-15(19)12-2-1-5-20-12)16-7-10-3-4-11-13(6-10)22-9-21-11/h3-4,6,12H,1-2,5,7-9H2,(H,16,18)(H,17,19). The molecule has 1 aromatic rings. The van der Waals surface area contributed by atoms with Gasteiger partial charge in [-0.2, -0.15) is 0 Å². The Bertz CT molecular complexity index is 569. The first kappa shape index (κ1) is 14.6. The number of nitrogens with one attached hydrogen (secondary N) is 2. The average Bonchev–Trinajstić information content (AvgIpc) is 3.20. The van der Waals surface area contributed by atoms with Gasteiger partial charge in [-0.3, -0.25) is 9.59 Å². The first-order valence-electron chi connectivity index (χ1n) is 7.27. The largest absolute Gasteiger partial charge is 0.454 e. The second-order valence-corrected chi connectivity index (χ2v) is 5.18. The fourth-order valence-corrected chi connectivity index (χ4v) is 2.38. The van der Waals surface area contributed by atoms with E-state index >= 15 is 0 Å². The molecule has 0 radical (unpaired) electrons. The van der Waals surface area contributed by atoms with Crippen LogP contribution in [0.3, 0.4) is 0 Å². The van der Waals surface area contributed by atoms with Crippen molar-refractivity contribution in [3.05, 3.63) is 23.8 Å². The molecule has 2 amide bonds. The third kappa shape index (κ3) is 3.48. The summed E-state index contributed by atoms with van der Waals surface area (Å²) in [5.74, 6) is 0.914. The first-order valence-corrected chi connectivity index (χ1v) is 7.27. The lowest BCUT2D eigenvalue weighted by atomic mass is 10.2. The highest BCUT2D eigenvalue weighted by atomic mass is 16.7. The molecule has 1 unspecified atom stereocenters. The van der Waals surface area contributed by atoms with Gasteiger partial charge in [-0.25, -0.2) is 0 Å². The van der Waals surface area contributed by atoms with Crippen molar-refractivity contribution in [3.8, 4) is 11.5 Å². The van der Waals surface area contributed by atoms with E-state index < -0.39 is 6.10 Å². The van der Waals surface area contributed by atoms with Crippen LogP contribution in [0.2, 0.25) is 0 Å². The predicted molar refractivity (Wildman–Crippen MR) is 76.4 cm³/mol. The molecule has 0 bridgehead atoms. The van der Waals surface area contributed by atoms with Gasteiger partial charge in [-0.05, 0) is 30.5 Å². The maximum atomic E-state index is 11.7. The highest BCUT2D eigenvalue weighted by Crippen LogP contribution is 2.32. The molecule has 22 heavy (non-hydrogen) atoms. The van der Waals surface area contributed by atoms with E-state index in [2.05, 4.69) is 10.6 Å². The Morgan fingerprint density at radius 1 is 1.18 bits per heavy atom. The van der Waals surface area contributed by atoms with Crippen molar-refractivity contribution in [2.45, 2.75) is 25.5 Å². The van der Waals surface area contributed by atoms with Crippen LogP contribution < -0.4 is 20.1 Å². The van der Waals surface area contributed by atoms with E-state index in [0.717, 1.165) is 12.0 Å². The van der Waals surface area contributed by atoms with E-state index in [1.807, 2.05) is 18.2 Å². The Hall–Kier alpha value is -2.28. The molecule has 2 aliphatic rings. The number of rotatable bonds is 5. The maximum Gasteiger partial charge on any atom is 0.249 e. The Morgan fingerprint density at radius 2 is 2.05 bits per heavy atom. The zero-order valence-corrected chi connectivity index (χ0v) is 12.1. The number of fused-ring (bicyclic) bond motifs is 1. The molecule has 1 fully saturated rings. The van der Waals surface area contributed by atoms with Crippen molar-refractivity contribution >= 4 is 11.8 Å².